The van der Waals surface area contributed by atoms with Crippen molar-refractivity contribution in [2.75, 3.05) is 37.9 Å². The Morgan fingerprint density at radius 1 is 1.35 bits per heavy atom. The number of carbonyl (C=O) groups is 1. The Labute approximate surface area is 115 Å². The van der Waals surface area contributed by atoms with Crippen molar-refractivity contribution in [1.29, 1.82) is 0 Å². The van der Waals surface area contributed by atoms with E-state index < -0.39 is 11.7 Å². The molecule has 0 fully saturated rings. The van der Waals surface area contributed by atoms with E-state index in [4.69, 9.17) is 0 Å². The van der Waals surface area contributed by atoms with Crippen molar-refractivity contribution in [2.45, 2.75) is 12.6 Å². The third kappa shape index (κ3) is 4.29. The van der Waals surface area contributed by atoms with Gasteiger partial charge in [-0.2, -0.15) is 13.2 Å². The third-order valence-electron chi connectivity index (χ3n) is 2.74. The maximum Gasteiger partial charge on any atom is 0.416 e. The Morgan fingerprint density at radius 3 is 2.50 bits per heavy atom. The summed E-state index contributed by atoms with van der Waals surface area (Å²) >= 11 is 0. The number of nitrogens with zero attached hydrogens (tertiary/aromatic N) is 2. The highest BCUT2D eigenvalue weighted by Gasteiger charge is 2.32. The van der Waals surface area contributed by atoms with Crippen LogP contribution in [0, 0.1) is 0 Å². The van der Waals surface area contributed by atoms with Crippen LogP contribution in [-0.4, -0.2) is 38.6 Å². The lowest BCUT2D eigenvalue weighted by Gasteiger charge is -2.20. The zero-order chi connectivity index (χ0) is 15.3. The molecule has 20 heavy (non-hydrogen) atoms. The number of amides is 1. The average Bonchev–Trinajstić information content (AvgIpc) is 2.42. The van der Waals surface area contributed by atoms with Crippen LogP contribution < -0.4 is 15.5 Å². The maximum absolute atomic E-state index is 12.8. The summed E-state index contributed by atoms with van der Waals surface area (Å²) in [6.45, 7) is 0.275. The normalized spacial score (nSPS) is 11.1. The van der Waals surface area contributed by atoms with Gasteiger partial charge >= 0.3 is 6.18 Å². The molecule has 0 saturated heterocycles. The molecule has 0 spiro atoms. The van der Waals surface area contributed by atoms with Crippen molar-refractivity contribution < 1.29 is 18.0 Å². The Kier molecular flexibility index (Phi) is 5.18. The first-order valence-corrected chi connectivity index (χ1v) is 5.96. The molecule has 8 heteroatoms. The van der Waals surface area contributed by atoms with Gasteiger partial charge in [0.2, 0.25) is 5.91 Å². The predicted molar refractivity (Wildman–Crippen MR) is 70.7 cm³/mol. The van der Waals surface area contributed by atoms with Crippen LogP contribution in [0.3, 0.4) is 0 Å². The zero-order valence-electron chi connectivity index (χ0n) is 11.5. The summed E-state index contributed by atoms with van der Waals surface area (Å²) in [7, 11) is 4.59. The molecule has 0 aliphatic rings. The zero-order valence-corrected chi connectivity index (χ0v) is 11.5. The van der Waals surface area contributed by atoms with E-state index >= 15 is 0 Å². The van der Waals surface area contributed by atoms with Gasteiger partial charge < -0.3 is 15.5 Å². The summed E-state index contributed by atoms with van der Waals surface area (Å²) in [6, 6.07) is 1.90. The van der Waals surface area contributed by atoms with Crippen molar-refractivity contribution in [2.24, 2.45) is 0 Å². The minimum Gasteiger partial charge on any atom is -0.373 e. The number of pyridine rings is 1. The molecule has 0 atom stereocenters. The predicted octanol–water partition coefficient (Wildman–Crippen LogP) is 1.71. The van der Waals surface area contributed by atoms with E-state index in [0.29, 0.717) is 0 Å². The molecule has 0 aromatic carbocycles. The quantitative estimate of drug-likeness (QED) is 0.867. The Balaban J connectivity index is 2.96. The van der Waals surface area contributed by atoms with Gasteiger partial charge in [0, 0.05) is 34.1 Å². The minimum atomic E-state index is -4.44. The number of carbonyl (C=O) groups excluding carboxylic acids is 1. The van der Waals surface area contributed by atoms with Crippen molar-refractivity contribution in [1.82, 2.24) is 10.3 Å². The van der Waals surface area contributed by atoms with E-state index in [2.05, 4.69) is 15.6 Å². The lowest BCUT2D eigenvalue weighted by Crippen LogP contribution is -2.27. The number of hydrogen-bond donors (Lipinski definition) is 2. The third-order valence-corrected chi connectivity index (χ3v) is 2.74. The van der Waals surface area contributed by atoms with E-state index in [0.717, 1.165) is 12.1 Å². The highest BCUT2D eigenvalue weighted by atomic mass is 19.4. The summed E-state index contributed by atoms with van der Waals surface area (Å²) in [4.78, 5) is 16.7. The topological polar surface area (TPSA) is 57.3 Å². The molecule has 1 rings (SSSR count). The van der Waals surface area contributed by atoms with Crippen LogP contribution in [0.5, 0.6) is 0 Å². The van der Waals surface area contributed by atoms with Crippen LogP contribution in [0.1, 0.15) is 12.0 Å². The van der Waals surface area contributed by atoms with Crippen LogP contribution in [0.25, 0.3) is 0 Å². The van der Waals surface area contributed by atoms with Gasteiger partial charge in [0.25, 0.3) is 0 Å². The number of rotatable bonds is 5. The summed E-state index contributed by atoms with van der Waals surface area (Å²) in [5.41, 5.74) is -0.779. The summed E-state index contributed by atoms with van der Waals surface area (Å²) < 4.78 is 38.3. The number of hydrogen-bond acceptors (Lipinski definition) is 4. The second-order valence-corrected chi connectivity index (χ2v) is 4.19. The smallest absolute Gasteiger partial charge is 0.373 e. The van der Waals surface area contributed by atoms with Crippen molar-refractivity contribution >= 4 is 17.5 Å². The lowest BCUT2D eigenvalue weighted by atomic mass is 10.2. The van der Waals surface area contributed by atoms with Gasteiger partial charge in [0.15, 0.2) is 0 Å². The number of halogens is 3. The number of alkyl halides is 3. The van der Waals surface area contributed by atoms with Gasteiger partial charge in [-0.15, -0.1) is 0 Å². The first-order chi connectivity index (χ1) is 9.27. The van der Waals surface area contributed by atoms with E-state index in [1.54, 1.807) is 7.05 Å². The average molecular weight is 290 g/mol. The van der Waals surface area contributed by atoms with Crippen LogP contribution in [0.2, 0.25) is 0 Å². The fourth-order valence-electron chi connectivity index (χ4n) is 1.51. The molecule has 1 aromatic rings. The molecular formula is C12H17F3N4O. The molecule has 1 aromatic heterocycles. The summed E-state index contributed by atoms with van der Waals surface area (Å²) in [5, 5.41) is 5.05. The van der Waals surface area contributed by atoms with Crippen LogP contribution >= 0.6 is 0 Å². The lowest BCUT2D eigenvalue weighted by molar-refractivity contribution is -0.137. The molecule has 0 radical (unpaired) electrons. The van der Waals surface area contributed by atoms with E-state index in [1.807, 2.05) is 0 Å². The van der Waals surface area contributed by atoms with Crippen LogP contribution in [-0.2, 0) is 11.0 Å². The fourth-order valence-corrected chi connectivity index (χ4v) is 1.51. The maximum atomic E-state index is 12.8. The number of nitrogens with one attached hydrogen (secondary N) is 2. The molecular weight excluding hydrogens is 273 g/mol. The van der Waals surface area contributed by atoms with Gasteiger partial charge in [0.1, 0.15) is 11.6 Å². The minimum absolute atomic E-state index is 0.126. The first-order valence-electron chi connectivity index (χ1n) is 5.96. The highest BCUT2D eigenvalue weighted by Crippen LogP contribution is 2.32. The molecule has 112 valence electrons. The van der Waals surface area contributed by atoms with Crippen molar-refractivity contribution in [3.05, 3.63) is 17.7 Å². The van der Waals surface area contributed by atoms with E-state index in [-0.39, 0.29) is 30.5 Å². The van der Waals surface area contributed by atoms with Gasteiger partial charge in [-0.05, 0) is 12.1 Å². The van der Waals surface area contributed by atoms with Gasteiger partial charge in [-0.3, -0.25) is 4.79 Å². The molecule has 0 aliphatic carbocycles. The second kappa shape index (κ2) is 6.44. The van der Waals surface area contributed by atoms with Crippen LogP contribution in [0.15, 0.2) is 12.1 Å². The molecule has 1 heterocycles. The summed E-state index contributed by atoms with van der Waals surface area (Å²) in [5.74, 6) is 0.104. The molecule has 0 unspecified atom stereocenters. The van der Waals surface area contributed by atoms with Crippen LogP contribution in [0.4, 0.5) is 24.8 Å². The van der Waals surface area contributed by atoms with Crippen molar-refractivity contribution in [3.8, 4) is 0 Å². The molecule has 2 N–H and O–H groups in total. The van der Waals surface area contributed by atoms with Crippen molar-refractivity contribution in [3.63, 3.8) is 0 Å². The molecule has 0 aliphatic heterocycles. The van der Waals surface area contributed by atoms with Gasteiger partial charge in [-0.25, -0.2) is 4.98 Å². The molecule has 0 saturated carbocycles. The Morgan fingerprint density at radius 2 is 2.00 bits per heavy atom. The Bertz CT molecular complexity index is 476. The molecule has 0 bridgehead atoms. The monoisotopic (exact) mass is 290 g/mol. The van der Waals surface area contributed by atoms with Gasteiger partial charge in [0.05, 0.1) is 5.56 Å². The largest absolute Gasteiger partial charge is 0.416 e. The van der Waals surface area contributed by atoms with Gasteiger partial charge in [-0.1, -0.05) is 0 Å². The standard InChI is InChI=1S/C12H17F3N4O/c1-16-9-6-8(12(13,14)15)7-10(18-9)19(3)5-4-11(20)17-2/h6-7H,4-5H2,1-3H3,(H,16,18)(H,17,20). The highest BCUT2D eigenvalue weighted by molar-refractivity contribution is 5.76. The van der Waals surface area contributed by atoms with E-state index in [9.17, 15) is 18.0 Å². The van der Waals surface area contributed by atoms with E-state index in [1.165, 1.54) is 19.0 Å². The summed E-state index contributed by atoms with van der Waals surface area (Å²) in [6.07, 6.45) is -4.26. The number of anilines is 2. The Hall–Kier alpha value is -1.99. The number of aromatic nitrogens is 1. The second-order valence-electron chi connectivity index (χ2n) is 4.19. The molecule has 1 amide bonds. The SMILES string of the molecule is CNC(=O)CCN(C)c1cc(C(F)(F)F)cc(NC)n1. The fraction of sp³-hybridized carbons (Fsp3) is 0.500. The molecule has 5 nitrogen and oxygen atoms in total. The first kappa shape index (κ1) is 16.1.